The van der Waals surface area contributed by atoms with Crippen LogP contribution < -0.4 is 0 Å². The zero-order chi connectivity index (χ0) is 44.1. The molecule has 13 heteroatoms. The average Bonchev–Trinajstić information content (AvgIpc) is 3.21. The van der Waals surface area contributed by atoms with Crippen LogP contribution in [0.4, 0.5) is 0 Å². The lowest BCUT2D eigenvalue weighted by molar-refractivity contribution is -0.297. The van der Waals surface area contributed by atoms with Gasteiger partial charge in [0, 0.05) is 12.8 Å². The molecule has 0 aromatic heterocycles. The SMILES string of the molecule is CCCCCCCC=C=CCCCCCCCC(=O)OC[C@H](CO[C@H]1O[C@H](CS(=O)(=O)O)[C@@H](O)C(O)C1O)OC(=O)CCC/C=C/C/C=C/C/C=C/CCCCCCCC. The van der Waals surface area contributed by atoms with E-state index in [4.69, 9.17) is 18.9 Å². The molecule has 12 nitrogen and oxygen atoms in total. The van der Waals surface area contributed by atoms with Crippen LogP contribution in [-0.4, -0.2) is 96.0 Å². The first-order valence-corrected chi connectivity index (χ1v) is 24.5. The third-order valence-corrected chi connectivity index (χ3v) is 10.9. The first-order valence-electron chi connectivity index (χ1n) is 22.9. The third-order valence-electron chi connectivity index (χ3n) is 10.2. The van der Waals surface area contributed by atoms with E-state index in [9.17, 15) is 37.9 Å². The summed E-state index contributed by atoms with van der Waals surface area (Å²) in [5, 5.41) is 30.9. The normalized spacial score (nSPS) is 20.1. The molecule has 1 fully saturated rings. The fraction of sp³-hybridized carbons (Fsp3) is 0.766. The summed E-state index contributed by atoms with van der Waals surface area (Å²) < 4.78 is 54.0. The summed E-state index contributed by atoms with van der Waals surface area (Å²) in [6.07, 6.45) is 32.3. The third kappa shape index (κ3) is 31.3. The molecule has 0 saturated carbocycles. The quantitative estimate of drug-likeness (QED) is 0.0153. The van der Waals surface area contributed by atoms with E-state index in [1.807, 2.05) is 12.2 Å². The Bertz CT molecular complexity index is 1350. The fourth-order valence-electron chi connectivity index (χ4n) is 6.55. The highest BCUT2D eigenvalue weighted by Gasteiger charge is 2.46. The van der Waals surface area contributed by atoms with Crippen molar-refractivity contribution in [3.05, 3.63) is 54.3 Å². The molecule has 0 bridgehead atoms. The maximum Gasteiger partial charge on any atom is 0.306 e. The second kappa shape index (κ2) is 37.0. The van der Waals surface area contributed by atoms with Crippen LogP contribution in [0, 0.1) is 0 Å². The minimum absolute atomic E-state index is 0.0864. The van der Waals surface area contributed by atoms with Gasteiger partial charge in [0.1, 0.15) is 36.8 Å². The van der Waals surface area contributed by atoms with Crippen molar-refractivity contribution in [1.29, 1.82) is 0 Å². The summed E-state index contributed by atoms with van der Waals surface area (Å²) in [7, 11) is -4.61. The van der Waals surface area contributed by atoms with Gasteiger partial charge in [-0.15, -0.1) is 5.73 Å². The van der Waals surface area contributed by atoms with Gasteiger partial charge in [0.2, 0.25) is 0 Å². The number of aliphatic hydroxyl groups is 3. The number of carbonyl (C=O) groups is 2. The molecule has 1 aliphatic rings. The zero-order valence-corrected chi connectivity index (χ0v) is 37.7. The number of hydrogen-bond acceptors (Lipinski definition) is 11. The van der Waals surface area contributed by atoms with E-state index in [0.717, 1.165) is 57.8 Å². The summed E-state index contributed by atoms with van der Waals surface area (Å²) >= 11 is 0. The summed E-state index contributed by atoms with van der Waals surface area (Å²) in [5.41, 5.74) is 3.28. The van der Waals surface area contributed by atoms with Crippen LogP contribution in [0.3, 0.4) is 0 Å². The Morgan fingerprint density at radius 1 is 0.617 bits per heavy atom. The van der Waals surface area contributed by atoms with E-state index in [1.165, 1.54) is 70.6 Å². The van der Waals surface area contributed by atoms with Gasteiger partial charge in [0.15, 0.2) is 12.4 Å². The Kier molecular flexibility index (Phi) is 34.2. The minimum Gasteiger partial charge on any atom is -0.462 e. The van der Waals surface area contributed by atoms with Gasteiger partial charge in [0.05, 0.1) is 6.61 Å². The zero-order valence-electron chi connectivity index (χ0n) is 36.8. The lowest BCUT2D eigenvalue weighted by Crippen LogP contribution is -2.60. The van der Waals surface area contributed by atoms with E-state index >= 15 is 0 Å². The van der Waals surface area contributed by atoms with E-state index in [1.54, 1.807) is 0 Å². The van der Waals surface area contributed by atoms with Crippen molar-refractivity contribution in [2.24, 2.45) is 0 Å². The first kappa shape index (κ1) is 55.4. The van der Waals surface area contributed by atoms with Crippen molar-refractivity contribution in [3.8, 4) is 0 Å². The van der Waals surface area contributed by atoms with Gasteiger partial charge in [-0.1, -0.05) is 127 Å². The lowest BCUT2D eigenvalue weighted by Gasteiger charge is -2.40. The van der Waals surface area contributed by atoms with E-state index in [0.29, 0.717) is 19.3 Å². The molecule has 0 aromatic rings. The molecule has 0 aliphatic carbocycles. The molecular formula is C47H80O12S. The van der Waals surface area contributed by atoms with E-state index < -0.39 is 71.2 Å². The summed E-state index contributed by atoms with van der Waals surface area (Å²) in [6, 6.07) is 0. The average molecular weight is 869 g/mol. The Morgan fingerprint density at radius 3 is 1.70 bits per heavy atom. The number of unbranched alkanes of at least 4 members (excludes halogenated alkanes) is 17. The lowest BCUT2D eigenvalue weighted by atomic mass is 10.00. The van der Waals surface area contributed by atoms with Crippen molar-refractivity contribution < 1.29 is 56.8 Å². The second-order valence-electron chi connectivity index (χ2n) is 15.8. The predicted octanol–water partition coefficient (Wildman–Crippen LogP) is 9.33. The number of rotatable bonds is 37. The Balaban J connectivity index is 2.51. The molecule has 0 radical (unpaired) electrons. The van der Waals surface area contributed by atoms with Crippen molar-refractivity contribution in [1.82, 2.24) is 0 Å². The van der Waals surface area contributed by atoms with Gasteiger partial charge in [-0.3, -0.25) is 14.1 Å². The number of aliphatic hydroxyl groups excluding tert-OH is 3. The molecule has 0 amide bonds. The maximum absolute atomic E-state index is 12.8. The highest BCUT2D eigenvalue weighted by Crippen LogP contribution is 2.24. The van der Waals surface area contributed by atoms with Gasteiger partial charge in [-0.05, 0) is 82.8 Å². The van der Waals surface area contributed by atoms with E-state index in [2.05, 4.69) is 56.0 Å². The summed E-state index contributed by atoms with van der Waals surface area (Å²) in [4.78, 5) is 25.4. The monoisotopic (exact) mass is 869 g/mol. The maximum atomic E-state index is 12.8. The number of esters is 2. The Morgan fingerprint density at radius 2 is 1.12 bits per heavy atom. The molecule has 2 unspecified atom stereocenters. The van der Waals surface area contributed by atoms with Gasteiger partial charge in [-0.25, -0.2) is 0 Å². The molecule has 1 saturated heterocycles. The second-order valence-corrected chi connectivity index (χ2v) is 17.3. The van der Waals surface area contributed by atoms with Crippen LogP contribution >= 0.6 is 0 Å². The van der Waals surface area contributed by atoms with Crippen LogP contribution in [0.2, 0.25) is 0 Å². The number of allylic oxidation sites excluding steroid dienone is 7. The van der Waals surface area contributed by atoms with Crippen LogP contribution in [0.5, 0.6) is 0 Å². The molecule has 4 N–H and O–H groups in total. The van der Waals surface area contributed by atoms with Gasteiger partial charge in [0.25, 0.3) is 10.1 Å². The molecule has 0 spiro atoms. The van der Waals surface area contributed by atoms with Gasteiger partial charge >= 0.3 is 11.9 Å². The summed E-state index contributed by atoms with van der Waals surface area (Å²) in [6.45, 7) is 3.67. The Labute approximate surface area is 362 Å². The molecular weight excluding hydrogens is 789 g/mol. The molecule has 1 aliphatic heterocycles. The number of ether oxygens (including phenoxy) is 4. The molecule has 6 atom stereocenters. The predicted molar refractivity (Wildman–Crippen MR) is 237 cm³/mol. The van der Waals surface area contributed by atoms with Crippen molar-refractivity contribution in [3.63, 3.8) is 0 Å². The minimum atomic E-state index is -4.61. The number of hydrogen-bond donors (Lipinski definition) is 4. The molecule has 60 heavy (non-hydrogen) atoms. The molecule has 1 rings (SSSR count). The first-order chi connectivity index (χ1) is 29.0. The van der Waals surface area contributed by atoms with Crippen molar-refractivity contribution >= 4 is 22.1 Å². The van der Waals surface area contributed by atoms with Crippen LogP contribution in [-0.2, 0) is 38.7 Å². The van der Waals surface area contributed by atoms with Crippen LogP contribution in [0.15, 0.2) is 54.3 Å². The van der Waals surface area contributed by atoms with Gasteiger partial charge < -0.3 is 34.3 Å². The van der Waals surface area contributed by atoms with Crippen LogP contribution in [0.25, 0.3) is 0 Å². The topological polar surface area (TPSA) is 186 Å². The summed E-state index contributed by atoms with van der Waals surface area (Å²) in [5.74, 6) is -2.08. The standard InChI is InChI=1S/C47H80O12S/c1-3-5-7-9-11-13-15-17-19-20-22-24-26-28-30-32-34-36-43(49)58-40(38-57-47-46(52)45(51)44(50)41(59-47)39-60(53,54)55)37-56-42(48)35-33-31-29-27-25-23-21-18-16-14-12-10-8-6-4-2/h16-17,19,21-22,24,28,30,40-41,44-47,50-52H,3-15,20,23,25-27,29,31-39H2,1-2H3,(H,53,54,55)/b19-17+,24-22+,30-28+/t18?,40-,41-,44-,45?,46?,47+/m1/s1. The highest BCUT2D eigenvalue weighted by atomic mass is 32.2. The largest absolute Gasteiger partial charge is 0.462 e. The van der Waals surface area contributed by atoms with Crippen molar-refractivity contribution in [2.45, 2.75) is 211 Å². The van der Waals surface area contributed by atoms with E-state index in [-0.39, 0.29) is 19.4 Å². The Hall–Kier alpha value is -2.61. The smallest absolute Gasteiger partial charge is 0.306 e. The van der Waals surface area contributed by atoms with Gasteiger partial charge in [-0.2, -0.15) is 8.42 Å². The fourth-order valence-corrected chi connectivity index (χ4v) is 7.24. The number of carbonyl (C=O) groups excluding carboxylic acids is 2. The highest BCUT2D eigenvalue weighted by molar-refractivity contribution is 7.85. The van der Waals surface area contributed by atoms with Crippen molar-refractivity contribution in [2.75, 3.05) is 19.0 Å². The molecule has 346 valence electrons. The van der Waals surface area contributed by atoms with Crippen LogP contribution in [0.1, 0.15) is 174 Å². The molecule has 0 aromatic carbocycles. The molecule has 1 heterocycles.